The van der Waals surface area contributed by atoms with Crippen molar-refractivity contribution in [3.63, 3.8) is 0 Å². The lowest BCUT2D eigenvalue weighted by atomic mass is 10.2. The molecule has 25 heavy (non-hydrogen) atoms. The number of carbonyl (C=O) groups excluding carboxylic acids is 2. The highest BCUT2D eigenvalue weighted by Gasteiger charge is 2.29. The molecule has 0 atom stereocenters. The molecular formula is C20H27N3O2. The van der Waals surface area contributed by atoms with Crippen LogP contribution in [0.3, 0.4) is 0 Å². The molecule has 0 spiro atoms. The predicted octanol–water partition coefficient (Wildman–Crippen LogP) is 3.79. The molecule has 0 aliphatic heterocycles. The van der Waals surface area contributed by atoms with Crippen LogP contribution in [0.1, 0.15) is 50.5 Å². The van der Waals surface area contributed by atoms with E-state index in [0.29, 0.717) is 18.2 Å². The fraction of sp³-hybridized carbons (Fsp3) is 0.500. The van der Waals surface area contributed by atoms with Gasteiger partial charge in [-0.25, -0.2) is 0 Å². The Morgan fingerprint density at radius 3 is 2.64 bits per heavy atom. The van der Waals surface area contributed by atoms with E-state index in [1.54, 1.807) is 0 Å². The third-order valence-electron chi connectivity index (χ3n) is 4.47. The van der Waals surface area contributed by atoms with Gasteiger partial charge in [0, 0.05) is 35.6 Å². The van der Waals surface area contributed by atoms with Crippen molar-refractivity contribution in [2.24, 2.45) is 11.8 Å². The summed E-state index contributed by atoms with van der Waals surface area (Å²) in [5, 5.41) is 6.96. The molecule has 1 aromatic heterocycles. The number of nitrogens with one attached hydrogen (secondary N) is 2. The Labute approximate surface area is 148 Å². The van der Waals surface area contributed by atoms with E-state index in [9.17, 15) is 9.59 Å². The minimum absolute atomic E-state index is 0.0399. The van der Waals surface area contributed by atoms with Gasteiger partial charge in [-0.2, -0.15) is 0 Å². The van der Waals surface area contributed by atoms with E-state index in [1.807, 2.05) is 24.3 Å². The monoisotopic (exact) mass is 341 g/mol. The van der Waals surface area contributed by atoms with Crippen molar-refractivity contribution in [2.45, 2.75) is 46.6 Å². The predicted molar refractivity (Wildman–Crippen MR) is 101 cm³/mol. The Morgan fingerprint density at radius 1 is 1.24 bits per heavy atom. The molecule has 2 N–H and O–H groups in total. The van der Waals surface area contributed by atoms with Gasteiger partial charge in [0.15, 0.2) is 0 Å². The number of aryl methyl sites for hydroxylation is 1. The van der Waals surface area contributed by atoms with Crippen molar-refractivity contribution >= 4 is 28.4 Å². The minimum Gasteiger partial charge on any atom is -0.351 e. The van der Waals surface area contributed by atoms with Crippen molar-refractivity contribution in [2.75, 3.05) is 11.9 Å². The van der Waals surface area contributed by atoms with Gasteiger partial charge >= 0.3 is 0 Å². The number of benzene rings is 1. The zero-order valence-electron chi connectivity index (χ0n) is 15.3. The first-order chi connectivity index (χ1) is 12.0. The molecule has 5 heteroatoms. The van der Waals surface area contributed by atoms with Crippen molar-refractivity contribution in [1.82, 2.24) is 9.88 Å². The van der Waals surface area contributed by atoms with Gasteiger partial charge in [0.05, 0.1) is 0 Å². The number of anilines is 1. The van der Waals surface area contributed by atoms with E-state index in [0.717, 1.165) is 42.4 Å². The van der Waals surface area contributed by atoms with Crippen LogP contribution < -0.4 is 10.6 Å². The maximum atomic E-state index is 12.6. The number of carbonyl (C=O) groups is 2. The first-order valence-corrected chi connectivity index (χ1v) is 9.22. The van der Waals surface area contributed by atoms with Crippen LogP contribution in [0.2, 0.25) is 0 Å². The Balaban J connectivity index is 1.88. The van der Waals surface area contributed by atoms with Crippen molar-refractivity contribution in [1.29, 1.82) is 0 Å². The molecule has 0 saturated heterocycles. The molecule has 2 aromatic rings. The van der Waals surface area contributed by atoms with Gasteiger partial charge in [-0.05, 0) is 49.4 Å². The Morgan fingerprint density at radius 2 is 2.00 bits per heavy atom. The van der Waals surface area contributed by atoms with Crippen molar-refractivity contribution in [3.05, 3.63) is 30.0 Å². The maximum Gasteiger partial charge on any atom is 0.267 e. The summed E-state index contributed by atoms with van der Waals surface area (Å²) >= 11 is 0. The lowest BCUT2D eigenvalue weighted by Crippen LogP contribution is -2.29. The molecule has 134 valence electrons. The van der Waals surface area contributed by atoms with Gasteiger partial charge in [-0.3, -0.25) is 9.59 Å². The van der Waals surface area contributed by atoms with E-state index in [-0.39, 0.29) is 17.7 Å². The fourth-order valence-corrected chi connectivity index (χ4v) is 2.98. The number of rotatable bonds is 7. The molecule has 1 aromatic carbocycles. The normalized spacial score (nSPS) is 14.1. The van der Waals surface area contributed by atoms with Crippen LogP contribution in [0.15, 0.2) is 24.3 Å². The fourth-order valence-electron chi connectivity index (χ4n) is 2.98. The van der Waals surface area contributed by atoms with E-state index in [1.165, 1.54) is 0 Å². The van der Waals surface area contributed by atoms with E-state index in [2.05, 4.69) is 36.0 Å². The van der Waals surface area contributed by atoms with Crippen LogP contribution in [-0.2, 0) is 11.3 Å². The SMILES string of the molecule is CCCn1c(C(=O)NCC(C)C)cc2cc(NC(=O)C3CC3)ccc21. The molecule has 0 radical (unpaired) electrons. The minimum atomic E-state index is -0.0399. The molecule has 0 bridgehead atoms. The number of fused-ring (bicyclic) bond motifs is 1. The largest absolute Gasteiger partial charge is 0.351 e. The van der Waals surface area contributed by atoms with E-state index >= 15 is 0 Å². The third kappa shape index (κ3) is 4.03. The Kier molecular flexibility index (Phi) is 5.11. The van der Waals surface area contributed by atoms with Gasteiger partial charge in [0.2, 0.25) is 5.91 Å². The maximum absolute atomic E-state index is 12.6. The van der Waals surface area contributed by atoms with E-state index < -0.39 is 0 Å². The second-order valence-corrected chi connectivity index (χ2v) is 7.32. The lowest BCUT2D eigenvalue weighted by molar-refractivity contribution is -0.117. The molecule has 0 unspecified atom stereocenters. The molecule has 5 nitrogen and oxygen atoms in total. The molecule has 1 heterocycles. The first kappa shape index (κ1) is 17.5. The number of aromatic nitrogens is 1. The summed E-state index contributed by atoms with van der Waals surface area (Å²) < 4.78 is 2.07. The zero-order valence-corrected chi connectivity index (χ0v) is 15.3. The lowest BCUT2D eigenvalue weighted by Gasteiger charge is -2.11. The molecule has 3 rings (SSSR count). The summed E-state index contributed by atoms with van der Waals surface area (Å²) in [5.41, 5.74) is 2.51. The average Bonchev–Trinajstić information content (AvgIpc) is 3.36. The van der Waals surface area contributed by atoms with Gasteiger partial charge in [0.1, 0.15) is 5.69 Å². The standard InChI is InChI=1S/C20H27N3O2/c1-4-9-23-17-8-7-16(22-19(24)14-5-6-14)10-15(17)11-18(23)20(25)21-12-13(2)3/h7-8,10-11,13-14H,4-6,9,12H2,1-3H3,(H,21,25)(H,22,24). The van der Waals surface area contributed by atoms with Crippen molar-refractivity contribution < 1.29 is 9.59 Å². The topological polar surface area (TPSA) is 63.1 Å². The third-order valence-corrected chi connectivity index (χ3v) is 4.47. The molecule has 1 aliphatic carbocycles. The Hall–Kier alpha value is -2.30. The number of hydrogen-bond acceptors (Lipinski definition) is 2. The molecule has 1 aliphatic rings. The van der Waals surface area contributed by atoms with Gasteiger partial charge in [-0.1, -0.05) is 20.8 Å². The number of amides is 2. The highest BCUT2D eigenvalue weighted by atomic mass is 16.2. The average molecular weight is 341 g/mol. The summed E-state index contributed by atoms with van der Waals surface area (Å²) in [7, 11) is 0. The second-order valence-electron chi connectivity index (χ2n) is 7.32. The van der Waals surface area contributed by atoms with Crippen LogP contribution in [0.25, 0.3) is 10.9 Å². The summed E-state index contributed by atoms with van der Waals surface area (Å²) in [6.45, 7) is 7.72. The number of nitrogens with zero attached hydrogens (tertiary/aromatic N) is 1. The second kappa shape index (κ2) is 7.30. The van der Waals surface area contributed by atoms with E-state index in [4.69, 9.17) is 0 Å². The summed E-state index contributed by atoms with van der Waals surface area (Å²) in [6, 6.07) is 7.80. The van der Waals surface area contributed by atoms with Gasteiger partial charge in [-0.15, -0.1) is 0 Å². The summed E-state index contributed by atoms with van der Waals surface area (Å²) in [6.07, 6.45) is 2.93. The Bertz CT molecular complexity index is 788. The van der Waals surface area contributed by atoms with Crippen LogP contribution in [0, 0.1) is 11.8 Å². The molecule has 1 saturated carbocycles. The summed E-state index contributed by atoms with van der Waals surface area (Å²) in [4.78, 5) is 24.5. The smallest absolute Gasteiger partial charge is 0.267 e. The van der Waals surface area contributed by atoms with Gasteiger partial charge in [0.25, 0.3) is 5.91 Å². The highest BCUT2D eigenvalue weighted by Crippen LogP contribution is 2.31. The van der Waals surface area contributed by atoms with Gasteiger partial charge < -0.3 is 15.2 Å². The van der Waals surface area contributed by atoms with Crippen LogP contribution in [-0.4, -0.2) is 22.9 Å². The number of hydrogen-bond donors (Lipinski definition) is 2. The van der Waals surface area contributed by atoms with Crippen LogP contribution >= 0.6 is 0 Å². The highest BCUT2D eigenvalue weighted by molar-refractivity contribution is 6.01. The molecule has 2 amide bonds. The van der Waals surface area contributed by atoms with Crippen molar-refractivity contribution in [3.8, 4) is 0 Å². The van der Waals surface area contributed by atoms with Crippen LogP contribution in [0.4, 0.5) is 5.69 Å². The molecular weight excluding hydrogens is 314 g/mol. The zero-order chi connectivity index (χ0) is 18.0. The molecule has 1 fully saturated rings. The van der Waals surface area contributed by atoms with Crippen LogP contribution in [0.5, 0.6) is 0 Å². The quantitative estimate of drug-likeness (QED) is 0.805. The first-order valence-electron chi connectivity index (χ1n) is 9.22. The summed E-state index contributed by atoms with van der Waals surface area (Å²) in [5.74, 6) is 0.652.